The van der Waals surface area contributed by atoms with Gasteiger partial charge in [-0.15, -0.1) is 17.0 Å². The quantitative estimate of drug-likeness (QED) is 0.184. The standard InChI is InChI=1S/C21H19NS.C5H8O2.Ir/c1-21(2,3)15-10-8-14(9-11-15)19-17-12-13-23-20(17)16-6-4-5-7-18(16)22-19;1-4(6)3-5(2)7;/h4-8,10-13,19H,1-3H3;3,6H,1-2H3;/q-2;;/b;4-3-;. The molecule has 0 amide bonds. The van der Waals surface area contributed by atoms with Crippen LogP contribution >= 0.6 is 11.3 Å². The van der Waals surface area contributed by atoms with Crippen LogP contribution in [-0.4, -0.2) is 10.9 Å². The van der Waals surface area contributed by atoms with Gasteiger partial charge in [0, 0.05) is 31.1 Å². The van der Waals surface area contributed by atoms with E-state index in [1.807, 2.05) is 0 Å². The van der Waals surface area contributed by atoms with Crippen molar-refractivity contribution in [1.29, 1.82) is 0 Å². The predicted octanol–water partition coefficient (Wildman–Crippen LogP) is 7.66. The molecule has 5 heteroatoms. The molecule has 4 rings (SSSR count). The molecule has 31 heavy (non-hydrogen) atoms. The molecule has 0 spiro atoms. The van der Waals surface area contributed by atoms with E-state index in [-0.39, 0.29) is 43.1 Å². The van der Waals surface area contributed by atoms with E-state index in [1.165, 1.54) is 41.5 Å². The van der Waals surface area contributed by atoms with Gasteiger partial charge in [0.25, 0.3) is 0 Å². The number of ketones is 1. The van der Waals surface area contributed by atoms with Crippen molar-refractivity contribution in [2.75, 3.05) is 0 Å². The van der Waals surface area contributed by atoms with Gasteiger partial charge in [0.05, 0.1) is 5.76 Å². The Labute approximate surface area is 202 Å². The molecule has 1 atom stereocenters. The van der Waals surface area contributed by atoms with Gasteiger partial charge in [0.1, 0.15) is 0 Å². The average Bonchev–Trinajstić information content (AvgIpc) is 3.16. The molecule has 2 heterocycles. The summed E-state index contributed by atoms with van der Waals surface area (Å²) >= 11 is 1.80. The number of aliphatic hydroxyl groups excluding tert-OH is 1. The zero-order valence-electron chi connectivity index (χ0n) is 18.4. The molecule has 0 saturated carbocycles. The topological polar surface area (TPSA) is 51.4 Å². The molecule has 0 bridgehead atoms. The number of carbonyl (C=O) groups excluding carboxylic acids is 1. The van der Waals surface area contributed by atoms with Gasteiger partial charge in [-0.05, 0) is 36.4 Å². The van der Waals surface area contributed by atoms with Gasteiger partial charge < -0.3 is 10.4 Å². The van der Waals surface area contributed by atoms with Crippen molar-refractivity contribution in [2.45, 2.75) is 46.1 Å². The molecule has 1 aliphatic rings. The van der Waals surface area contributed by atoms with Crippen LogP contribution in [0.25, 0.3) is 15.8 Å². The normalized spacial score (nSPS) is 14.7. The Bertz CT molecular complexity index is 1060. The van der Waals surface area contributed by atoms with Crippen molar-refractivity contribution in [3.63, 3.8) is 0 Å². The number of hydrogen-bond acceptors (Lipinski definition) is 3. The van der Waals surface area contributed by atoms with E-state index < -0.39 is 0 Å². The summed E-state index contributed by atoms with van der Waals surface area (Å²) in [5.74, 6) is -0.0625. The summed E-state index contributed by atoms with van der Waals surface area (Å²) in [5.41, 5.74) is 6.24. The predicted molar refractivity (Wildman–Crippen MR) is 126 cm³/mol. The minimum absolute atomic E-state index is 0. The van der Waals surface area contributed by atoms with E-state index >= 15 is 0 Å². The van der Waals surface area contributed by atoms with Crippen LogP contribution < -0.4 is 0 Å². The molecule has 1 N–H and O–H groups in total. The van der Waals surface area contributed by atoms with Crippen LogP contribution in [0.5, 0.6) is 0 Å². The van der Waals surface area contributed by atoms with E-state index in [9.17, 15) is 4.79 Å². The van der Waals surface area contributed by atoms with E-state index in [2.05, 4.69) is 80.7 Å². The van der Waals surface area contributed by atoms with Crippen molar-refractivity contribution in [2.24, 2.45) is 0 Å². The zero-order valence-corrected chi connectivity index (χ0v) is 21.6. The van der Waals surface area contributed by atoms with Gasteiger partial charge in [0.2, 0.25) is 0 Å². The van der Waals surface area contributed by atoms with Gasteiger partial charge in [0.15, 0.2) is 5.78 Å². The van der Waals surface area contributed by atoms with Crippen LogP contribution in [0.15, 0.2) is 65.7 Å². The third-order valence-electron chi connectivity index (χ3n) is 4.82. The first-order chi connectivity index (χ1) is 14.2. The number of thiophene rings is 1. The van der Waals surface area contributed by atoms with Crippen molar-refractivity contribution in [3.8, 4) is 10.4 Å². The largest absolute Gasteiger partial charge is 0.675 e. The monoisotopic (exact) mass is 610 g/mol. The van der Waals surface area contributed by atoms with Crippen LogP contribution in [0.4, 0.5) is 5.69 Å². The molecule has 1 unspecified atom stereocenters. The van der Waals surface area contributed by atoms with Gasteiger partial charge >= 0.3 is 0 Å². The summed E-state index contributed by atoms with van der Waals surface area (Å²) in [6.45, 7) is 9.54. The number of para-hydroxylation sites is 1. The minimum atomic E-state index is -0.125. The second kappa shape index (κ2) is 10.4. The number of benzene rings is 2. The van der Waals surface area contributed by atoms with Crippen molar-refractivity contribution >= 4 is 22.8 Å². The Balaban J connectivity index is 0.000000373. The molecule has 1 radical (unpaired) electrons. The van der Waals surface area contributed by atoms with Crippen LogP contribution in [0, 0.1) is 6.07 Å². The molecule has 1 aliphatic heterocycles. The summed E-state index contributed by atoms with van der Waals surface area (Å²) in [7, 11) is 0. The third kappa shape index (κ3) is 6.16. The van der Waals surface area contributed by atoms with Crippen molar-refractivity contribution < 1.29 is 30.0 Å². The summed E-state index contributed by atoms with van der Waals surface area (Å²) in [6.07, 6.45) is 1.17. The first-order valence-electron chi connectivity index (χ1n) is 9.94. The van der Waals surface area contributed by atoms with E-state index in [0.29, 0.717) is 0 Å². The van der Waals surface area contributed by atoms with Crippen molar-refractivity contribution in [1.82, 2.24) is 0 Å². The molecule has 1 aromatic heterocycles. The maximum absolute atomic E-state index is 10.0. The molecule has 165 valence electrons. The second-order valence-electron chi connectivity index (χ2n) is 8.43. The molecule has 0 aliphatic carbocycles. The Morgan fingerprint density at radius 3 is 2.39 bits per heavy atom. The average molecular weight is 610 g/mol. The summed E-state index contributed by atoms with van der Waals surface area (Å²) in [6, 6.07) is 20.7. The zero-order chi connectivity index (χ0) is 21.9. The number of aliphatic hydroxyl groups is 1. The maximum atomic E-state index is 10.0. The van der Waals surface area contributed by atoms with Crippen molar-refractivity contribution in [3.05, 3.63) is 93.8 Å². The Morgan fingerprint density at radius 1 is 1.13 bits per heavy atom. The Hall–Kier alpha value is -2.20. The fraction of sp³-hybridized carbons (Fsp3) is 0.269. The van der Waals surface area contributed by atoms with Crippen LogP contribution in [0.2, 0.25) is 0 Å². The molecule has 0 saturated heterocycles. The van der Waals surface area contributed by atoms with Gasteiger partial charge in [-0.1, -0.05) is 56.5 Å². The Morgan fingerprint density at radius 2 is 1.84 bits per heavy atom. The van der Waals surface area contributed by atoms with Crippen LogP contribution in [0.3, 0.4) is 0 Å². The number of hydrogen-bond donors (Lipinski definition) is 1. The second-order valence-corrected chi connectivity index (χ2v) is 9.35. The first-order valence-corrected chi connectivity index (χ1v) is 10.8. The SMILES string of the molecule is CC(=O)/C=C(/C)O.CC(C)(C)c1c[c-]c(C2[N-]c3ccccc3-c3sccc32)cc1.[Ir]. The van der Waals surface area contributed by atoms with Gasteiger partial charge in [-0.2, -0.15) is 35.4 Å². The summed E-state index contributed by atoms with van der Waals surface area (Å²) in [4.78, 5) is 11.4. The molecule has 0 fully saturated rings. The van der Waals surface area contributed by atoms with Gasteiger partial charge in [-0.25, -0.2) is 0 Å². The maximum Gasteiger partial charge on any atom is 0.155 e. The number of fused-ring (bicyclic) bond motifs is 3. The van der Waals surface area contributed by atoms with E-state index in [0.717, 1.165) is 11.3 Å². The third-order valence-corrected chi connectivity index (χ3v) is 5.78. The van der Waals surface area contributed by atoms with E-state index in [1.54, 1.807) is 11.3 Å². The van der Waals surface area contributed by atoms with Crippen LogP contribution in [-0.2, 0) is 30.3 Å². The summed E-state index contributed by atoms with van der Waals surface area (Å²) < 4.78 is 0. The molecular formula is C26H27IrNO2S-2. The smallest absolute Gasteiger partial charge is 0.155 e. The van der Waals surface area contributed by atoms with E-state index in [4.69, 9.17) is 10.4 Å². The fourth-order valence-corrected chi connectivity index (χ4v) is 4.31. The number of carbonyl (C=O) groups is 1. The molecular weight excluding hydrogens is 583 g/mol. The number of rotatable bonds is 2. The number of allylic oxidation sites excluding steroid dienone is 2. The van der Waals surface area contributed by atoms with Gasteiger partial charge in [-0.3, -0.25) is 4.79 Å². The minimum Gasteiger partial charge on any atom is -0.675 e. The number of nitrogens with zero attached hydrogens (tertiary/aromatic N) is 1. The molecule has 3 nitrogen and oxygen atoms in total. The van der Waals surface area contributed by atoms with Crippen LogP contribution in [0.1, 0.15) is 57.4 Å². The molecule has 3 aromatic rings. The molecule has 2 aromatic carbocycles. The Kier molecular flexibility index (Phi) is 8.41. The summed E-state index contributed by atoms with van der Waals surface area (Å²) in [5, 5.41) is 15.5. The first kappa shape index (κ1) is 25.1. The fourth-order valence-electron chi connectivity index (χ4n) is 3.34.